The first-order valence-electron chi connectivity index (χ1n) is 7.16. The minimum Gasteiger partial charge on any atom is -0.393 e. The summed E-state index contributed by atoms with van der Waals surface area (Å²) in [5, 5.41) is 21.6. The zero-order valence-corrected chi connectivity index (χ0v) is 13.2. The highest BCUT2D eigenvalue weighted by Gasteiger charge is 2.19. The lowest BCUT2D eigenvalue weighted by Crippen LogP contribution is -2.36. The van der Waals surface area contributed by atoms with Crippen LogP contribution >= 0.6 is 23.2 Å². The van der Waals surface area contributed by atoms with Crippen molar-refractivity contribution in [3.63, 3.8) is 0 Å². The first kappa shape index (κ1) is 16.0. The van der Waals surface area contributed by atoms with Crippen LogP contribution in [0.1, 0.15) is 43.2 Å². The lowest BCUT2D eigenvalue weighted by Gasteiger charge is -2.26. The van der Waals surface area contributed by atoms with Crippen molar-refractivity contribution in [3.05, 3.63) is 21.4 Å². The zero-order chi connectivity index (χ0) is 14.5. The smallest absolute Gasteiger partial charge is 0.155 e. The molecule has 1 aromatic rings. The number of nitrogens with one attached hydrogen (secondary N) is 1. The molecule has 2 unspecified atom stereocenters. The third kappa shape index (κ3) is 4.29. The summed E-state index contributed by atoms with van der Waals surface area (Å²) in [6.45, 7) is 2.83. The van der Waals surface area contributed by atoms with Gasteiger partial charge in [0.15, 0.2) is 10.3 Å². The van der Waals surface area contributed by atoms with Crippen LogP contribution in [0.2, 0.25) is 10.3 Å². The summed E-state index contributed by atoms with van der Waals surface area (Å²) in [7, 11) is 0. The van der Waals surface area contributed by atoms with E-state index in [1.54, 1.807) is 0 Å². The van der Waals surface area contributed by atoms with Crippen molar-refractivity contribution in [1.29, 1.82) is 0 Å². The molecule has 1 aliphatic carbocycles. The summed E-state index contributed by atoms with van der Waals surface area (Å²) in [4.78, 5) is 0. The van der Waals surface area contributed by atoms with Gasteiger partial charge in [0, 0.05) is 6.04 Å². The van der Waals surface area contributed by atoms with E-state index in [1.807, 2.05) is 6.92 Å². The summed E-state index contributed by atoms with van der Waals surface area (Å²) < 4.78 is 0. The van der Waals surface area contributed by atoms with Crippen molar-refractivity contribution in [2.75, 3.05) is 6.54 Å². The molecule has 20 heavy (non-hydrogen) atoms. The Morgan fingerprint density at radius 3 is 2.75 bits per heavy atom. The summed E-state index contributed by atoms with van der Waals surface area (Å²) in [5.74, 6) is 0. The van der Waals surface area contributed by atoms with Gasteiger partial charge in [-0.3, -0.25) is 0 Å². The van der Waals surface area contributed by atoms with E-state index in [4.69, 9.17) is 23.2 Å². The van der Waals surface area contributed by atoms with Gasteiger partial charge in [-0.15, -0.1) is 10.2 Å². The molecule has 0 bridgehead atoms. The van der Waals surface area contributed by atoms with Gasteiger partial charge in [0.05, 0.1) is 6.10 Å². The summed E-state index contributed by atoms with van der Waals surface area (Å²) in [6, 6.07) is 0.439. The molecule has 2 rings (SSSR count). The van der Waals surface area contributed by atoms with Gasteiger partial charge in [0.1, 0.15) is 0 Å². The fourth-order valence-corrected chi connectivity index (χ4v) is 3.14. The molecule has 0 saturated heterocycles. The Labute approximate surface area is 129 Å². The molecule has 2 N–H and O–H groups in total. The van der Waals surface area contributed by atoms with Crippen molar-refractivity contribution in [1.82, 2.24) is 15.5 Å². The van der Waals surface area contributed by atoms with E-state index in [-0.39, 0.29) is 6.10 Å². The molecular weight excluding hydrogens is 297 g/mol. The summed E-state index contributed by atoms with van der Waals surface area (Å²) in [5.41, 5.74) is 1.90. The van der Waals surface area contributed by atoms with Crippen LogP contribution in [-0.4, -0.2) is 34.0 Å². The Morgan fingerprint density at radius 2 is 2.00 bits per heavy atom. The molecule has 1 aliphatic rings. The highest BCUT2D eigenvalue weighted by Crippen LogP contribution is 2.23. The van der Waals surface area contributed by atoms with Gasteiger partial charge in [-0.25, -0.2) is 0 Å². The van der Waals surface area contributed by atoms with Crippen molar-refractivity contribution < 1.29 is 5.11 Å². The normalized spacial score (nSPS) is 23.0. The Balaban J connectivity index is 1.77. The highest BCUT2D eigenvalue weighted by atomic mass is 35.5. The number of aromatic nitrogens is 2. The number of nitrogens with zero attached hydrogens (tertiary/aromatic N) is 2. The Morgan fingerprint density at radius 1 is 1.25 bits per heavy atom. The lowest BCUT2D eigenvalue weighted by molar-refractivity contribution is 0.112. The molecule has 1 fully saturated rings. The zero-order valence-electron chi connectivity index (χ0n) is 11.7. The van der Waals surface area contributed by atoms with E-state index < -0.39 is 0 Å². The molecule has 1 saturated carbocycles. The SMILES string of the molecule is Cc1c(Cl)nnc(Cl)c1CCCNC1CCCC(O)C1. The van der Waals surface area contributed by atoms with E-state index in [0.717, 1.165) is 56.2 Å². The van der Waals surface area contributed by atoms with Crippen molar-refractivity contribution >= 4 is 23.2 Å². The highest BCUT2D eigenvalue weighted by molar-refractivity contribution is 6.32. The van der Waals surface area contributed by atoms with E-state index in [1.165, 1.54) is 0 Å². The van der Waals surface area contributed by atoms with Crippen LogP contribution < -0.4 is 5.32 Å². The predicted molar refractivity (Wildman–Crippen MR) is 81.4 cm³/mol. The average molecular weight is 318 g/mol. The maximum Gasteiger partial charge on any atom is 0.155 e. The third-order valence-electron chi connectivity index (χ3n) is 3.92. The number of hydrogen-bond acceptors (Lipinski definition) is 4. The molecule has 0 spiro atoms. The molecule has 2 atom stereocenters. The van der Waals surface area contributed by atoms with Crippen LogP contribution in [0.3, 0.4) is 0 Å². The van der Waals surface area contributed by atoms with Gasteiger partial charge in [-0.05, 0) is 63.1 Å². The van der Waals surface area contributed by atoms with Gasteiger partial charge in [0.25, 0.3) is 0 Å². The first-order valence-corrected chi connectivity index (χ1v) is 7.92. The van der Waals surface area contributed by atoms with E-state index in [2.05, 4.69) is 15.5 Å². The Kier molecular flexibility index (Phi) is 6.02. The lowest BCUT2D eigenvalue weighted by atomic mass is 9.93. The van der Waals surface area contributed by atoms with Crippen LogP contribution in [0.25, 0.3) is 0 Å². The van der Waals surface area contributed by atoms with Gasteiger partial charge in [-0.2, -0.15) is 0 Å². The monoisotopic (exact) mass is 317 g/mol. The number of aliphatic hydroxyl groups excluding tert-OH is 1. The fraction of sp³-hybridized carbons (Fsp3) is 0.714. The number of hydrogen-bond donors (Lipinski definition) is 2. The third-order valence-corrected chi connectivity index (χ3v) is 4.58. The summed E-state index contributed by atoms with van der Waals surface area (Å²) >= 11 is 12.0. The van der Waals surface area contributed by atoms with Crippen molar-refractivity contribution in [2.24, 2.45) is 0 Å². The maximum atomic E-state index is 9.63. The van der Waals surface area contributed by atoms with Crippen LogP contribution in [0.15, 0.2) is 0 Å². The largest absolute Gasteiger partial charge is 0.393 e. The molecular formula is C14H21Cl2N3O. The van der Waals surface area contributed by atoms with E-state index >= 15 is 0 Å². The van der Waals surface area contributed by atoms with Crippen molar-refractivity contribution in [3.8, 4) is 0 Å². The maximum absolute atomic E-state index is 9.63. The average Bonchev–Trinajstić information content (AvgIpc) is 2.42. The molecule has 1 aromatic heterocycles. The van der Waals surface area contributed by atoms with Gasteiger partial charge in [-0.1, -0.05) is 23.2 Å². The van der Waals surface area contributed by atoms with Crippen LogP contribution in [-0.2, 0) is 6.42 Å². The molecule has 0 aromatic carbocycles. The second-order valence-corrected chi connectivity index (χ2v) is 6.18. The second-order valence-electron chi connectivity index (χ2n) is 5.46. The standard InChI is InChI=1S/C14H21Cl2N3O/c1-9-12(14(16)19-18-13(9)15)6-3-7-17-10-4-2-5-11(20)8-10/h10-11,17,20H,2-8H2,1H3. The van der Waals surface area contributed by atoms with Crippen molar-refractivity contribution in [2.45, 2.75) is 57.6 Å². The minimum absolute atomic E-state index is 0.138. The molecule has 1 heterocycles. The van der Waals surface area contributed by atoms with Crippen LogP contribution in [0.5, 0.6) is 0 Å². The van der Waals surface area contributed by atoms with Gasteiger partial charge >= 0.3 is 0 Å². The van der Waals surface area contributed by atoms with Crippen LogP contribution in [0.4, 0.5) is 0 Å². The van der Waals surface area contributed by atoms with Crippen LogP contribution in [0, 0.1) is 6.92 Å². The Bertz CT molecular complexity index is 456. The number of aliphatic hydroxyl groups is 1. The second kappa shape index (κ2) is 7.55. The van der Waals surface area contributed by atoms with E-state index in [9.17, 15) is 5.11 Å². The topological polar surface area (TPSA) is 58.0 Å². The quantitative estimate of drug-likeness (QED) is 0.820. The fourth-order valence-electron chi connectivity index (χ4n) is 2.71. The molecule has 0 aliphatic heterocycles. The molecule has 4 nitrogen and oxygen atoms in total. The molecule has 6 heteroatoms. The first-order chi connectivity index (χ1) is 9.58. The summed E-state index contributed by atoms with van der Waals surface area (Å²) in [6.07, 6.45) is 5.72. The van der Waals surface area contributed by atoms with Gasteiger partial charge < -0.3 is 10.4 Å². The molecule has 112 valence electrons. The molecule has 0 radical (unpaired) electrons. The number of halogens is 2. The Hall–Kier alpha value is -0.420. The number of rotatable bonds is 5. The minimum atomic E-state index is -0.138. The molecule has 0 amide bonds. The van der Waals surface area contributed by atoms with E-state index in [0.29, 0.717) is 16.3 Å². The predicted octanol–water partition coefficient (Wildman–Crippen LogP) is 2.92. The van der Waals surface area contributed by atoms with Gasteiger partial charge in [0.2, 0.25) is 0 Å².